The largest absolute Gasteiger partial charge is 0.460 e. The molecule has 4 rings (SSSR count). The van der Waals surface area contributed by atoms with E-state index in [2.05, 4.69) is 0 Å². The van der Waals surface area contributed by atoms with Crippen molar-refractivity contribution >= 4 is 36.6 Å². The second-order valence-corrected chi connectivity index (χ2v) is 23.5. The summed E-state index contributed by atoms with van der Waals surface area (Å²) in [5, 5.41) is 23.6. The van der Waals surface area contributed by atoms with Crippen LogP contribution in [0.3, 0.4) is 0 Å². The highest BCUT2D eigenvalue weighted by Crippen LogP contribution is 2.45. The first kappa shape index (κ1) is 53.7. The number of ketones is 3. The number of nitrogens with zero attached hydrogens (tertiary/aromatic N) is 1. The maximum Gasteiger partial charge on any atom is 0.329 e. The Bertz CT molecular complexity index is 2050. The molecule has 0 radical (unpaired) electrons. The van der Waals surface area contributed by atoms with Crippen LogP contribution in [-0.2, 0) is 56.7 Å². The molecule has 3 fully saturated rings. The predicted octanol–water partition coefficient (Wildman–Crippen LogP) is 7.74. The van der Waals surface area contributed by atoms with Crippen LogP contribution in [0.25, 0.3) is 0 Å². The molecule has 0 aromatic carbocycles. The minimum atomic E-state index is -2.81. The number of ether oxygens (including phenoxy) is 5. The van der Waals surface area contributed by atoms with E-state index in [1.54, 1.807) is 85.4 Å². The highest BCUT2D eigenvalue weighted by Gasteiger charge is 2.53. The molecule has 1 saturated carbocycles. The van der Waals surface area contributed by atoms with Gasteiger partial charge in [0.05, 0.1) is 34.6 Å². The lowest BCUT2D eigenvalue weighted by Crippen LogP contribution is -2.61. The third kappa shape index (κ3) is 16.2. The number of cyclic esters (lactones) is 1. The van der Waals surface area contributed by atoms with Crippen LogP contribution in [-0.4, -0.2) is 140 Å². The molecule has 15 atom stereocenters. The van der Waals surface area contributed by atoms with Gasteiger partial charge in [-0.3, -0.25) is 23.7 Å². The van der Waals surface area contributed by atoms with Gasteiger partial charge < -0.3 is 43.3 Å². The number of carbonyl (C=O) groups is 5. The fourth-order valence-electron chi connectivity index (χ4n) is 10.4. The summed E-state index contributed by atoms with van der Waals surface area (Å²) >= 11 is 0. The first-order valence-corrected chi connectivity index (χ1v) is 27.5. The molecule has 69 heavy (non-hydrogen) atoms. The molecule has 390 valence electrons. The van der Waals surface area contributed by atoms with Crippen molar-refractivity contribution in [1.82, 2.24) is 4.90 Å². The number of fused-ring (bicyclic) bond motifs is 3. The maximum atomic E-state index is 14.5. The summed E-state index contributed by atoms with van der Waals surface area (Å²) in [5.74, 6) is -8.95. The quantitative estimate of drug-likeness (QED) is 0.136. The van der Waals surface area contributed by atoms with Gasteiger partial charge in [0.25, 0.3) is 11.7 Å². The van der Waals surface area contributed by atoms with Gasteiger partial charge in [0, 0.05) is 71.7 Å². The second kappa shape index (κ2) is 26.5. The third-order valence-electron chi connectivity index (χ3n) is 14.7. The van der Waals surface area contributed by atoms with Crippen LogP contribution < -0.4 is 0 Å². The fourth-order valence-corrected chi connectivity index (χ4v) is 11.3. The Labute approximate surface area is 415 Å². The number of hydrogen-bond acceptors (Lipinski definition) is 14. The van der Waals surface area contributed by atoms with E-state index in [4.69, 9.17) is 32.3 Å². The van der Waals surface area contributed by atoms with Crippen molar-refractivity contribution in [2.45, 2.75) is 180 Å². The summed E-state index contributed by atoms with van der Waals surface area (Å²) in [5.41, 5.74) is 0.797. The topological polar surface area (TPSA) is 201 Å². The molecule has 4 aliphatic rings. The van der Waals surface area contributed by atoms with E-state index in [0.717, 1.165) is 4.90 Å². The molecule has 2 saturated heterocycles. The van der Waals surface area contributed by atoms with Gasteiger partial charge in [-0.2, -0.15) is 0 Å². The van der Waals surface area contributed by atoms with Gasteiger partial charge >= 0.3 is 5.97 Å². The Morgan fingerprint density at radius 3 is 2.30 bits per heavy atom. The van der Waals surface area contributed by atoms with Gasteiger partial charge in [0.2, 0.25) is 5.79 Å². The van der Waals surface area contributed by atoms with E-state index < -0.39 is 98.1 Å². The zero-order valence-electron chi connectivity index (χ0n) is 45.9. The smallest absolute Gasteiger partial charge is 0.329 e. The molecule has 2 N–H and O–H groups in total. The normalized spacial score (nSPS) is 38.2. The lowest BCUT2D eigenvalue weighted by Gasteiger charge is -2.42. The lowest BCUT2D eigenvalue weighted by molar-refractivity contribution is -0.265. The molecule has 15 nitrogen and oxygen atoms in total. The first-order chi connectivity index (χ1) is 33.6. The highest BCUT2D eigenvalue weighted by atomic mass is 31.2. The Balaban J connectivity index is 1.73. The van der Waals surface area contributed by atoms with Crippen LogP contribution in [0.4, 0.5) is 0 Å². The van der Waals surface area contributed by atoms with Crippen LogP contribution >= 0.6 is 7.37 Å². The number of aliphatic hydroxyl groups excluding tert-OH is 1. The SMILES string of the molecule is [2H]C([2H])([2H])O[C@H]1C[C@@H]2CC[C@@H](C)[C@@](O)(O2)C(=O)C(=O)N2CCCC[C@H]2C(=O)O[C@H]([C@H](C)C[C@@H]2CC[C@@H](OP(C)(C)=O)[C@H](OC)C2)CC(=O)/C(C)=C/C(C)[C@@H](O)[C@@H](OC)C(=O)[C@H](C)C[C@H](C)C=CC=CC=C1C. The standard InChI is InChI=1S/C53H84NO14P/c1-32-18-14-13-15-19-33(2)44(63-8)30-40-23-21-38(7)53(61,67-40)50(58)51(59)54-25-17-16-20-41(54)52(60)66-45(35(4)28-39-22-24-43(46(29-39)64-9)68-69(11,12)62)31-42(55)34(3)27-37(6)48(57)49(65-10)47(56)36(5)26-32/h13-15,18-19,27,32,35-41,43-46,48-49,57,61H,16-17,20-26,28-31H2,1-12H3/b15-13?,18-14?,33-19?,34-27+/t32-,35-,36-,37?,38-,39+,40+,41+,43-,44+,45+,46-,48-,49+,53-/m1/s1/i8D3. The molecule has 0 aromatic heterocycles. The highest BCUT2D eigenvalue weighted by molar-refractivity contribution is 7.57. The summed E-state index contributed by atoms with van der Waals surface area (Å²) in [6, 6.07) is -1.23. The number of allylic oxidation sites excluding steroid dienone is 6. The molecule has 2 bridgehead atoms. The van der Waals surface area contributed by atoms with E-state index in [-0.39, 0.29) is 73.4 Å². The Hall–Kier alpha value is -3.14. The molecule has 1 aliphatic carbocycles. The number of Topliss-reactive ketones (excluding diaryl/α,β-unsaturated/α-hetero) is 3. The molecular weight excluding hydrogens is 906 g/mol. The number of esters is 1. The van der Waals surface area contributed by atoms with Crippen LogP contribution in [0.15, 0.2) is 47.6 Å². The van der Waals surface area contributed by atoms with Gasteiger partial charge in [-0.05, 0) is 107 Å². The number of methoxy groups -OCH3 is 3. The number of amides is 1. The van der Waals surface area contributed by atoms with Gasteiger partial charge in [-0.25, -0.2) is 4.79 Å². The Morgan fingerprint density at radius 2 is 1.64 bits per heavy atom. The van der Waals surface area contributed by atoms with Crippen molar-refractivity contribution in [3.8, 4) is 0 Å². The van der Waals surface area contributed by atoms with Crippen molar-refractivity contribution in [2.24, 2.45) is 35.5 Å². The Kier molecular flexibility index (Phi) is 20.6. The van der Waals surface area contributed by atoms with Crippen LogP contribution in [0.1, 0.15) is 130 Å². The fraction of sp³-hybridized carbons (Fsp3) is 0.755. The molecule has 1 unspecified atom stereocenters. The molecule has 16 heteroatoms. The molecule has 3 aliphatic heterocycles. The summed E-state index contributed by atoms with van der Waals surface area (Å²) < 4.78 is 71.5. The summed E-state index contributed by atoms with van der Waals surface area (Å²) in [4.78, 5) is 72.3. The van der Waals surface area contributed by atoms with Crippen molar-refractivity contribution < 1.29 is 71.1 Å². The molecule has 1 amide bonds. The van der Waals surface area contributed by atoms with Gasteiger partial charge in [0.1, 0.15) is 18.2 Å². The minimum absolute atomic E-state index is 0.00939. The van der Waals surface area contributed by atoms with E-state index in [9.17, 15) is 38.8 Å². The number of piperidine rings is 1. The van der Waals surface area contributed by atoms with Crippen LogP contribution in [0.5, 0.6) is 0 Å². The zero-order chi connectivity index (χ0) is 53.9. The molecule has 3 heterocycles. The van der Waals surface area contributed by atoms with E-state index >= 15 is 0 Å². The average Bonchev–Trinajstić information content (AvgIpc) is 3.30. The lowest BCUT2D eigenvalue weighted by atomic mass is 9.78. The van der Waals surface area contributed by atoms with Gasteiger partial charge in [-0.1, -0.05) is 71.1 Å². The molecular formula is C53H84NO14P. The average molecular weight is 993 g/mol. The van der Waals surface area contributed by atoms with Crippen LogP contribution in [0, 0.1) is 35.5 Å². The van der Waals surface area contributed by atoms with E-state index in [1.807, 2.05) is 19.9 Å². The van der Waals surface area contributed by atoms with Crippen molar-refractivity contribution in [3.63, 3.8) is 0 Å². The predicted molar refractivity (Wildman–Crippen MR) is 263 cm³/mol. The Morgan fingerprint density at radius 1 is 0.913 bits per heavy atom. The summed E-state index contributed by atoms with van der Waals surface area (Å²) in [6.07, 6.45) is 8.54. The van der Waals surface area contributed by atoms with Gasteiger partial charge in [-0.15, -0.1) is 0 Å². The third-order valence-corrected chi connectivity index (χ3v) is 15.5. The minimum Gasteiger partial charge on any atom is -0.460 e. The van der Waals surface area contributed by atoms with Gasteiger partial charge in [0.15, 0.2) is 18.9 Å². The molecule has 0 aromatic rings. The number of aliphatic hydroxyl groups is 2. The molecule has 0 spiro atoms. The number of rotatable bonds is 8. The van der Waals surface area contributed by atoms with Crippen molar-refractivity contribution in [1.29, 1.82) is 0 Å². The first-order valence-electron chi connectivity index (χ1n) is 26.5. The van der Waals surface area contributed by atoms with Crippen molar-refractivity contribution in [2.75, 3.05) is 41.1 Å². The number of carbonyl (C=O) groups excluding carboxylic acids is 5. The number of hydrogen-bond donors (Lipinski definition) is 2. The summed E-state index contributed by atoms with van der Waals surface area (Å²) in [6.45, 7) is 15.3. The van der Waals surface area contributed by atoms with Crippen LogP contribution in [0.2, 0.25) is 0 Å². The zero-order valence-corrected chi connectivity index (χ0v) is 43.8. The monoisotopic (exact) mass is 993 g/mol. The maximum absolute atomic E-state index is 14.5. The van der Waals surface area contributed by atoms with E-state index in [1.165, 1.54) is 7.11 Å². The summed E-state index contributed by atoms with van der Waals surface area (Å²) in [7, 11) is -2.68. The van der Waals surface area contributed by atoms with Crippen molar-refractivity contribution in [3.05, 3.63) is 47.6 Å². The van der Waals surface area contributed by atoms with E-state index in [0.29, 0.717) is 56.9 Å². The second-order valence-electron chi connectivity index (χ2n) is 20.8.